The summed E-state index contributed by atoms with van der Waals surface area (Å²) in [6.45, 7) is 14.5. The van der Waals surface area contributed by atoms with E-state index >= 15 is 0 Å². The number of rotatable bonds is 9. The maximum Gasteiger partial charge on any atom is 0.196 e. The Hall–Kier alpha value is -1.02. The predicted octanol–water partition coefficient (Wildman–Crippen LogP) is 7.57. The SMILES string of the molecule is CC(C)CC(c1ccc(OC(C)OCCC2CCCCC2)cc1)C(C)(C)C. The molecule has 2 nitrogen and oxygen atoms in total. The fourth-order valence-corrected chi connectivity index (χ4v) is 4.34. The van der Waals surface area contributed by atoms with E-state index < -0.39 is 0 Å². The molecule has 0 N–H and O–H groups in total. The molecule has 0 bridgehead atoms. The van der Waals surface area contributed by atoms with Crippen molar-refractivity contribution in [2.24, 2.45) is 17.3 Å². The lowest BCUT2D eigenvalue weighted by Gasteiger charge is -2.32. The molecule has 27 heavy (non-hydrogen) atoms. The third-order valence-corrected chi connectivity index (χ3v) is 5.94. The lowest BCUT2D eigenvalue weighted by molar-refractivity contribution is -0.0711. The minimum absolute atomic E-state index is 0.187. The fraction of sp³-hybridized carbons (Fsp3) is 0.760. The zero-order valence-corrected chi connectivity index (χ0v) is 18.6. The maximum atomic E-state index is 5.98. The van der Waals surface area contributed by atoms with Gasteiger partial charge in [0.05, 0.1) is 6.61 Å². The molecule has 2 atom stereocenters. The summed E-state index contributed by atoms with van der Waals surface area (Å²) in [6.07, 6.45) is 9.18. The van der Waals surface area contributed by atoms with Crippen molar-refractivity contribution in [3.63, 3.8) is 0 Å². The third-order valence-electron chi connectivity index (χ3n) is 5.94. The highest BCUT2D eigenvalue weighted by molar-refractivity contribution is 5.30. The van der Waals surface area contributed by atoms with E-state index in [2.05, 4.69) is 58.9 Å². The highest BCUT2D eigenvalue weighted by atomic mass is 16.7. The second-order valence-corrected chi connectivity index (χ2v) is 9.97. The van der Waals surface area contributed by atoms with Crippen LogP contribution in [-0.2, 0) is 4.74 Å². The average Bonchev–Trinajstić information content (AvgIpc) is 2.60. The van der Waals surface area contributed by atoms with Gasteiger partial charge in [0.15, 0.2) is 6.29 Å². The minimum Gasteiger partial charge on any atom is -0.465 e. The second kappa shape index (κ2) is 10.5. The van der Waals surface area contributed by atoms with E-state index in [0.29, 0.717) is 11.8 Å². The van der Waals surface area contributed by atoms with E-state index in [1.165, 1.54) is 50.5 Å². The Kier molecular flexibility index (Phi) is 8.66. The van der Waals surface area contributed by atoms with Crippen LogP contribution in [0.1, 0.15) is 98.0 Å². The van der Waals surface area contributed by atoms with Crippen LogP contribution in [-0.4, -0.2) is 12.9 Å². The van der Waals surface area contributed by atoms with Gasteiger partial charge in [-0.15, -0.1) is 0 Å². The van der Waals surface area contributed by atoms with Crippen molar-refractivity contribution in [2.45, 2.75) is 98.7 Å². The van der Waals surface area contributed by atoms with Gasteiger partial charge in [0.25, 0.3) is 0 Å². The van der Waals surface area contributed by atoms with Crippen LogP contribution in [0.2, 0.25) is 0 Å². The summed E-state index contributed by atoms with van der Waals surface area (Å²) in [5, 5.41) is 0. The fourth-order valence-electron chi connectivity index (χ4n) is 4.34. The van der Waals surface area contributed by atoms with Gasteiger partial charge in [-0.3, -0.25) is 0 Å². The molecule has 154 valence electrons. The molecule has 1 fully saturated rings. The minimum atomic E-state index is -0.187. The van der Waals surface area contributed by atoms with Gasteiger partial charge in [-0.2, -0.15) is 0 Å². The van der Waals surface area contributed by atoms with Crippen LogP contribution in [0.25, 0.3) is 0 Å². The van der Waals surface area contributed by atoms with Crippen LogP contribution in [0.3, 0.4) is 0 Å². The van der Waals surface area contributed by atoms with Gasteiger partial charge in [-0.1, -0.05) is 78.9 Å². The van der Waals surface area contributed by atoms with Gasteiger partial charge >= 0.3 is 0 Å². The Balaban J connectivity index is 1.82. The van der Waals surface area contributed by atoms with Crippen molar-refractivity contribution < 1.29 is 9.47 Å². The molecule has 2 rings (SSSR count). The molecule has 1 aliphatic carbocycles. The summed E-state index contributed by atoms with van der Waals surface area (Å²) in [5.41, 5.74) is 1.68. The summed E-state index contributed by atoms with van der Waals surface area (Å²) in [5.74, 6) is 3.03. The second-order valence-electron chi connectivity index (χ2n) is 9.97. The van der Waals surface area contributed by atoms with Crippen molar-refractivity contribution in [3.8, 4) is 5.75 Å². The molecule has 0 spiro atoms. The quantitative estimate of drug-likeness (QED) is 0.415. The van der Waals surface area contributed by atoms with Crippen molar-refractivity contribution in [1.29, 1.82) is 0 Å². The molecule has 1 aromatic carbocycles. The van der Waals surface area contributed by atoms with E-state index in [0.717, 1.165) is 18.3 Å². The Bertz CT molecular complexity index is 520. The smallest absolute Gasteiger partial charge is 0.196 e. The van der Waals surface area contributed by atoms with Crippen molar-refractivity contribution in [2.75, 3.05) is 6.61 Å². The van der Waals surface area contributed by atoms with E-state index in [9.17, 15) is 0 Å². The van der Waals surface area contributed by atoms with Crippen LogP contribution in [0, 0.1) is 17.3 Å². The molecule has 0 amide bonds. The highest BCUT2D eigenvalue weighted by Crippen LogP contribution is 2.40. The molecule has 1 aliphatic rings. The van der Waals surface area contributed by atoms with Gasteiger partial charge in [-0.05, 0) is 60.6 Å². The lowest BCUT2D eigenvalue weighted by atomic mass is 9.72. The van der Waals surface area contributed by atoms with Crippen molar-refractivity contribution in [1.82, 2.24) is 0 Å². The third kappa shape index (κ3) is 7.86. The van der Waals surface area contributed by atoms with Crippen LogP contribution < -0.4 is 4.74 Å². The standard InChI is InChI=1S/C25H42O2/c1-19(2)18-24(25(4,5)6)22-12-14-23(15-13-22)27-20(3)26-17-16-21-10-8-7-9-11-21/h12-15,19-21,24H,7-11,16-18H2,1-6H3. The Morgan fingerprint density at radius 1 is 0.963 bits per heavy atom. The monoisotopic (exact) mass is 374 g/mol. The number of hydrogen-bond donors (Lipinski definition) is 0. The zero-order valence-electron chi connectivity index (χ0n) is 18.6. The molecule has 0 radical (unpaired) electrons. The Morgan fingerprint density at radius 2 is 1.59 bits per heavy atom. The molecular weight excluding hydrogens is 332 g/mol. The number of benzene rings is 1. The first-order chi connectivity index (χ1) is 12.8. The summed E-state index contributed by atoms with van der Waals surface area (Å²) < 4.78 is 11.9. The van der Waals surface area contributed by atoms with E-state index in [1.807, 2.05) is 6.92 Å². The summed E-state index contributed by atoms with van der Waals surface area (Å²) in [6, 6.07) is 8.69. The summed E-state index contributed by atoms with van der Waals surface area (Å²) in [4.78, 5) is 0. The van der Waals surface area contributed by atoms with Crippen molar-refractivity contribution in [3.05, 3.63) is 29.8 Å². The molecule has 0 heterocycles. The Morgan fingerprint density at radius 3 is 2.15 bits per heavy atom. The lowest BCUT2D eigenvalue weighted by Crippen LogP contribution is -2.21. The average molecular weight is 375 g/mol. The number of ether oxygens (including phenoxy) is 2. The van der Waals surface area contributed by atoms with Gasteiger partial charge < -0.3 is 9.47 Å². The number of hydrogen-bond acceptors (Lipinski definition) is 2. The van der Waals surface area contributed by atoms with Crippen LogP contribution in [0.4, 0.5) is 0 Å². The van der Waals surface area contributed by atoms with Gasteiger partial charge in [-0.25, -0.2) is 0 Å². The normalized spacial score (nSPS) is 18.5. The van der Waals surface area contributed by atoms with Crippen molar-refractivity contribution >= 4 is 0 Å². The Labute approximate surface area is 168 Å². The van der Waals surface area contributed by atoms with E-state index in [-0.39, 0.29) is 11.7 Å². The first kappa shape index (κ1) is 22.3. The highest BCUT2D eigenvalue weighted by Gasteiger charge is 2.27. The van der Waals surface area contributed by atoms with Gasteiger partial charge in [0, 0.05) is 0 Å². The summed E-state index contributed by atoms with van der Waals surface area (Å²) in [7, 11) is 0. The van der Waals surface area contributed by atoms with E-state index in [4.69, 9.17) is 9.47 Å². The summed E-state index contributed by atoms with van der Waals surface area (Å²) >= 11 is 0. The molecule has 0 saturated heterocycles. The first-order valence-electron chi connectivity index (χ1n) is 11.1. The topological polar surface area (TPSA) is 18.5 Å². The molecular formula is C25H42O2. The molecule has 0 aliphatic heterocycles. The molecule has 1 aromatic rings. The zero-order chi connectivity index (χ0) is 19.9. The maximum absolute atomic E-state index is 5.98. The molecule has 2 heteroatoms. The first-order valence-corrected chi connectivity index (χ1v) is 11.1. The van der Waals surface area contributed by atoms with Gasteiger partial charge in [0.2, 0.25) is 0 Å². The molecule has 0 aromatic heterocycles. The van der Waals surface area contributed by atoms with E-state index in [1.54, 1.807) is 0 Å². The van der Waals surface area contributed by atoms with Crippen LogP contribution >= 0.6 is 0 Å². The predicted molar refractivity (Wildman–Crippen MR) is 115 cm³/mol. The molecule has 1 saturated carbocycles. The van der Waals surface area contributed by atoms with Crippen LogP contribution in [0.15, 0.2) is 24.3 Å². The van der Waals surface area contributed by atoms with Gasteiger partial charge in [0.1, 0.15) is 5.75 Å². The van der Waals surface area contributed by atoms with Crippen LogP contribution in [0.5, 0.6) is 5.75 Å². The molecule has 2 unspecified atom stereocenters. The largest absolute Gasteiger partial charge is 0.465 e.